The fraction of sp³-hybridized carbons (Fsp3) is 0.533. The van der Waals surface area contributed by atoms with Crippen molar-refractivity contribution in [1.29, 1.82) is 0 Å². The molecule has 1 aromatic carbocycles. The van der Waals surface area contributed by atoms with Gasteiger partial charge in [0.25, 0.3) is 0 Å². The van der Waals surface area contributed by atoms with Gasteiger partial charge in [-0.05, 0) is 37.0 Å². The highest BCUT2D eigenvalue weighted by molar-refractivity contribution is 5.78. The summed E-state index contributed by atoms with van der Waals surface area (Å²) in [4.78, 5) is 11.7. The first kappa shape index (κ1) is 14.9. The van der Waals surface area contributed by atoms with Crippen LogP contribution in [0.4, 0.5) is 8.78 Å². The van der Waals surface area contributed by atoms with E-state index in [0.717, 1.165) is 43.9 Å². The van der Waals surface area contributed by atoms with Crippen molar-refractivity contribution in [3.8, 4) is 0 Å². The van der Waals surface area contributed by atoms with Crippen molar-refractivity contribution >= 4 is 5.91 Å². The van der Waals surface area contributed by atoms with Crippen molar-refractivity contribution in [3.05, 3.63) is 35.4 Å². The fourth-order valence-electron chi connectivity index (χ4n) is 2.64. The molecular formula is C15H19F2NO2. The lowest BCUT2D eigenvalue weighted by Gasteiger charge is -2.18. The first-order valence-corrected chi connectivity index (χ1v) is 6.95. The molecule has 0 saturated heterocycles. The maximum absolute atomic E-state index is 13.4. The normalized spacial score (nSPS) is 17.1. The lowest BCUT2D eigenvalue weighted by atomic mass is 10.0. The second-order valence-corrected chi connectivity index (χ2v) is 5.33. The van der Waals surface area contributed by atoms with Crippen molar-refractivity contribution in [1.82, 2.24) is 5.32 Å². The van der Waals surface area contributed by atoms with Gasteiger partial charge in [0.05, 0.1) is 12.5 Å². The molecule has 3 nitrogen and oxygen atoms in total. The van der Waals surface area contributed by atoms with Crippen LogP contribution >= 0.6 is 0 Å². The zero-order valence-electron chi connectivity index (χ0n) is 11.2. The Morgan fingerprint density at radius 3 is 2.75 bits per heavy atom. The van der Waals surface area contributed by atoms with E-state index in [-0.39, 0.29) is 24.4 Å². The molecule has 20 heavy (non-hydrogen) atoms. The van der Waals surface area contributed by atoms with E-state index in [2.05, 4.69) is 5.32 Å². The molecule has 1 unspecified atom stereocenters. The molecule has 1 aliphatic rings. The smallest absolute Gasteiger partial charge is 0.224 e. The third-order valence-electron chi connectivity index (χ3n) is 3.81. The van der Waals surface area contributed by atoms with Crippen LogP contribution in [-0.2, 0) is 11.2 Å². The molecule has 2 N–H and O–H groups in total. The maximum Gasteiger partial charge on any atom is 0.224 e. The van der Waals surface area contributed by atoms with Crippen LogP contribution in [0.3, 0.4) is 0 Å². The first-order chi connectivity index (χ1) is 9.56. The minimum atomic E-state index is -0.599. The first-order valence-electron chi connectivity index (χ1n) is 6.95. The number of carbonyl (C=O) groups excluding carboxylic acids is 1. The Labute approximate surface area is 117 Å². The summed E-state index contributed by atoms with van der Waals surface area (Å²) in [6.07, 6.45) is 3.42. The van der Waals surface area contributed by atoms with Gasteiger partial charge in [0.1, 0.15) is 11.6 Å². The van der Waals surface area contributed by atoms with Crippen molar-refractivity contribution in [3.63, 3.8) is 0 Å². The SMILES string of the molecule is O=C(Cc1cc(F)ccc1F)NCC(O)C1CCCC1. The molecule has 0 bridgehead atoms. The summed E-state index contributed by atoms with van der Waals surface area (Å²) < 4.78 is 26.4. The van der Waals surface area contributed by atoms with Crippen molar-refractivity contribution in [2.45, 2.75) is 38.2 Å². The van der Waals surface area contributed by atoms with Crippen molar-refractivity contribution in [2.24, 2.45) is 5.92 Å². The predicted molar refractivity (Wildman–Crippen MR) is 71.0 cm³/mol. The molecular weight excluding hydrogens is 264 g/mol. The van der Waals surface area contributed by atoms with Crippen LogP contribution in [0, 0.1) is 17.6 Å². The number of nitrogens with one attached hydrogen (secondary N) is 1. The van der Waals surface area contributed by atoms with Crippen molar-refractivity contribution < 1.29 is 18.7 Å². The lowest BCUT2D eigenvalue weighted by Crippen LogP contribution is -2.36. The summed E-state index contributed by atoms with van der Waals surface area (Å²) in [5.41, 5.74) is 0.0258. The average molecular weight is 283 g/mol. The number of rotatable bonds is 5. The molecule has 1 aromatic rings. The van der Waals surface area contributed by atoms with Gasteiger partial charge in [-0.2, -0.15) is 0 Å². The van der Waals surface area contributed by atoms with Crippen LogP contribution in [0.15, 0.2) is 18.2 Å². The lowest BCUT2D eigenvalue weighted by molar-refractivity contribution is -0.121. The van der Waals surface area contributed by atoms with Gasteiger partial charge in [-0.3, -0.25) is 4.79 Å². The summed E-state index contributed by atoms with van der Waals surface area (Å²) >= 11 is 0. The number of aliphatic hydroxyl groups is 1. The zero-order valence-corrected chi connectivity index (χ0v) is 11.2. The number of aliphatic hydroxyl groups excluding tert-OH is 1. The molecule has 5 heteroatoms. The Hall–Kier alpha value is -1.49. The molecule has 1 amide bonds. The summed E-state index contributed by atoms with van der Waals surface area (Å²) in [5, 5.41) is 12.5. The van der Waals surface area contributed by atoms with E-state index in [4.69, 9.17) is 0 Å². The van der Waals surface area contributed by atoms with Crippen LogP contribution in [0.5, 0.6) is 0 Å². The van der Waals surface area contributed by atoms with Gasteiger partial charge in [-0.1, -0.05) is 12.8 Å². The summed E-state index contributed by atoms with van der Waals surface area (Å²) in [6.45, 7) is 0.167. The fourth-order valence-corrected chi connectivity index (χ4v) is 2.64. The molecule has 0 aliphatic heterocycles. The van der Waals surface area contributed by atoms with Crippen LogP contribution in [0.1, 0.15) is 31.2 Å². The number of amides is 1. The van der Waals surface area contributed by atoms with E-state index >= 15 is 0 Å². The van der Waals surface area contributed by atoms with Crippen LogP contribution < -0.4 is 5.32 Å². The summed E-state index contributed by atoms with van der Waals surface area (Å²) in [6, 6.07) is 3.04. The van der Waals surface area contributed by atoms with E-state index in [1.165, 1.54) is 0 Å². The second-order valence-electron chi connectivity index (χ2n) is 5.33. The molecule has 1 saturated carbocycles. The zero-order chi connectivity index (χ0) is 14.5. The molecule has 0 heterocycles. The van der Waals surface area contributed by atoms with Gasteiger partial charge in [0.15, 0.2) is 0 Å². The van der Waals surface area contributed by atoms with Gasteiger partial charge in [0.2, 0.25) is 5.91 Å². The van der Waals surface area contributed by atoms with Crippen LogP contribution in [-0.4, -0.2) is 23.7 Å². The molecule has 0 spiro atoms. The third kappa shape index (κ3) is 4.00. The van der Waals surface area contributed by atoms with Crippen LogP contribution in [0.2, 0.25) is 0 Å². The third-order valence-corrected chi connectivity index (χ3v) is 3.81. The summed E-state index contributed by atoms with van der Waals surface area (Å²) in [7, 11) is 0. The Balaban J connectivity index is 1.81. The monoisotopic (exact) mass is 283 g/mol. The van der Waals surface area contributed by atoms with E-state index < -0.39 is 23.6 Å². The molecule has 2 rings (SSSR count). The van der Waals surface area contributed by atoms with Gasteiger partial charge in [-0.25, -0.2) is 8.78 Å². The minimum Gasteiger partial charge on any atom is -0.391 e. The Morgan fingerprint density at radius 2 is 2.05 bits per heavy atom. The van der Waals surface area contributed by atoms with Crippen molar-refractivity contribution in [2.75, 3.05) is 6.54 Å². The second kappa shape index (κ2) is 6.79. The van der Waals surface area contributed by atoms with Crippen LogP contribution in [0.25, 0.3) is 0 Å². The van der Waals surface area contributed by atoms with Gasteiger partial charge < -0.3 is 10.4 Å². The minimum absolute atomic E-state index is 0.0258. The molecule has 1 fully saturated rings. The van der Waals surface area contributed by atoms with E-state index in [9.17, 15) is 18.7 Å². The quantitative estimate of drug-likeness (QED) is 0.870. The van der Waals surface area contributed by atoms with Gasteiger partial charge >= 0.3 is 0 Å². The number of halogens is 2. The summed E-state index contributed by atoms with van der Waals surface area (Å²) in [5.74, 6) is -1.34. The number of benzene rings is 1. The van der Waals surface area contributed by atoms with E-state index in [0.29, 0.717) is 0 Å². The predicted octanol–water partition coefficient (Wildman–Crippen LogP) is 2.17. The topological polar surface area (TPSA) is 49.3 Å². The standard InChI is InChI=1S/C15H19F2NO2/c16-12-5-6-13(17)11(7-12)8-15(20)18-9-14(19)10-3-1-2-4-10/h5-7,10,14,19H,1-4,8-9H2,(H,18,20). The molecule has 1 atom stereocenters. The Kier molecular flexibility index (Phi) is 5.06. The average Bonchev–Trinajstić information content (AvgIpc) is 2.94. The molecule has 110 valence electrons. The molecule has 1 aliphatic carbocycles. The highest BCUT2D eigenvalue weighted by atomic mass is 19.1. The van der Waals surface area contributed by atoms with Gasteiger partial charge in [-0.15, -0.1) is 0 Å². The van der Waals surface area contributed by atoms with Gasteiger partial charge in [0, 0.05) is 12.1 Å². The molecule has 0 radical (unpaired) electrons. The van der Waals surface area contributed by atoms with E-state index in [1.54, 1.807) is 0 Å². The highest BCUT2D eigenvalue weighted by Gasteiger charge is 2.23. The number of carbonyl (C=O) groups is 1. The number of hydrogen-bond donors (Lipinski definition) is 2. The largest absolute Gasteiger partial charge is 0.391 e. The number of hydrogen-bond acceptors (Lipinski definition) is 2. The Bertz CT molecular complexity index is 473. The maximum atomic E-state index is 13.4. The Morgan fingerprint density at radius 1 is 1.35 bits per heavy atom. The van der Waals surface area contributed by atoms with E-state index in [1.807, 2.05) is 0 Å². The molecule has 0 aromatic heterocycles. The highest BCUT2D eigenvalue weighted by Crippen LogP contribution is 2.27.